The molecule has 2 aliphatic carbocycles. The number of benzene rings is 4. The molecule has 8 rings (SSSR count). The molecule has 1 saturated carbocycles. The number of phenols is 1. The molecule has 2 heterocycles. The molecule has 0 bridgehead atoms. The number of aromatic hydroxyl groups is 1. The first-order chi connectivity index (χ1) is 26.0. The number of carbonyl (C=O) groups excluding carboxylic acids is 4. The van der Waals surface area contributed by atoms with Gasteiger partial charge in [-0.25, -0.2) is 4.90 Å². The summed E-state index contributed by atoms with van der Waals surface area (Å²) in [6, 6.07) is 24.5. The van der Waals surface area contributed by atoms with Crippen LogP contribution in [-0.4, -0.2) is 52.9 Å². The van der Waals surface area contributed by atoms with Crippen molar-refractivity contribution in [2.45, 2.75) is 31.1 Å². The molecule has 0 radical (unpaired) electrons. The predicted molar refractivity (Wildman–Crippen MR) is 196 cm³/mol. The van der Waals surface area contributed by atoms with E-state index in [1.54, 1.807) is 36.4 Å². The summed E-state index contributed by atoms with van der Waals surface area (Å²) in [4.78, 5) is 71.1. The third kappa shape index (κ3) is 4.98. The number of anilines is 2. The number of rotatable bonds is 8. The molecule has 0 unspecified atom stereocenters. The summed E-state index contributed by atoms with van der Waals surface area (Å²) in [7, 11) is 2.86. The highest BCUT2D eigenvalue weighted by atomic mass is 16.6. The molecule has 13 heteroatoms. The first-order valence-electron chi connectivity index (χ1n) is 17.6. The summed E-state index contributed by atoms with van der Waals surface area (Å²) in [5.74, 6) is -6.31. The Morgan fingerprint density at radius 2 is 1.54 bits per heavy atom. The number of phenolic OH excluding ortho intramolecular Hbond substituents is 1. The van der Waals surface area contributed by atoms with Crippen molar-refractivity contribution < 1.29 is 38.7 Å². The van der Waals surface area contributed by atoms with Gasteiger partial charge in [0.15, 0.2) is 0 Å². The zero-order chi connectivity index (χ0) is 38.1. The highest BCUT2D eigenvalue weighted by molar-refractivity contribution is 6.22. The first kappa shape index (κ1) is 34.6. The molecule has 4 amide bonds. The number of imide groups is 2. The zero-order valence-corrected chi connectivity index (χ0v) is 29.6. The lowest BCUT2D eigenvalue weighted by atomic mass is 9.49. The maximum Gasteiger partial charge on any atom is 0.271 e. The van der Waals surface area contributed by atoms with Crippen LogP contribution >= 0.6 is 0 Å². The quantitative estimate of drug-likeness (QED) is 0.0977. The van der Waals surface area contributed by atoms with E-state index in [-0.39, 0.29) is 41.5 Å². The molecule has 274 valence electrons. The van der Waals surface area contributed by atoms with Gasteiger partial charge in [-0.1, -0.05) is 65.7 Å². The van der Waals surface area contributed by atoms with E-state index < -0.39 is 63.6 Å². The highest BCUT2D eigenvalue weighted by Crippen LogP contribution is 2.66. The fraction of sp³-hybridized carbons (Fsp3) is 0.268. The SMILES string of the molecule is COc1cc(O)cc(OC)c1[C@H]1C2=CC[C@@H]3C(=O)N(c4cccc([N+](=O)[O-])c4)C(=O)[C@@H]3[C@@H]2C[C@H]2C(=O)N(Nc3ccc(C)cc3)C(=O)[C@@]12c1ccccc1. The Morgan fingerprint density at radius 1 is 0.852 bits per heavy atom. The van der Waals surface area contributed by atoms with E-state index in [0.717, 1.165) is 15.5 Å². The fourth-order valence-corrected chi connectivity index (χ4v) is 9.27. The van der Waals surface area contributed by atoms with Crippen LogP contribution in [0.4, 0.5) is 17.1 Å². The molecule has 6 atom stereocenters. The van der Waals surface area contributed by atoms with Gasteiger partial charge in [-0.15, -0.1) is 0 Å². The molecule has 2 N–H and O–H groups in total. The van der Waals surface area contributed by atoms with Crippen molar-refractivity contribution in [3.8, 4) is 17.2 Å². The Kier molecular flexibility index (Phi) is 8.24. The molecule has 3 fully saturated rings. The van der Waals surface area contributed by atoms with Gasteiger partial charge >= 0.3 is 0 Å². The maximum atomic E-state index is 15.4. The minimum absolute atomic E-state index is 0.0412. The average molecular weight is 729 g/mol. The number of hydrogen-bond donors (Lipinski definition) is 2. The number of allylic oxidation sites excluding steroid dienone is 2. The van der Waals surface area contributed by atoms with Crippen molar-refractivity contribution in [2.75, 3.05) is 24.5 Å². The number of non-ortho nitro benzene ring substituents is 1. The number of nitrogens with zero attached hydrogens (tertiary/aromatic N) is 3. The van der Waals surface area contributed by atoms with Crippen LogP contribution in [0.15, 0.2) is 103 Å². The van der Waals surface area contributed by atoms with Gasteiger partial charge in [0.25, 0.3) is 17.5 Å². The molecule has 54 heavy (non-hydrogen) atoms. The fourth-order valence-electron chi connectivity index (χ4n) is 9.27. The number of carbonyl (C=O) groups is 4. The van der Waals surface area contributed by atoms with Crippen LogP contribution in [-0.2, 0) is 24.6 Å². The van der Waals surface area contributed by atoms with Crippen molar-refractivity contribution in [1.29, 1.82) is 0 Å². The Labute approximate surface area is 309 Å². The number of nitro groups is 1. The van der Waals surface area contributed by atoms with E-state index >= 15 is 4.79 Å². The second-order valence-corrected chi connectivity index (χ2v) is 14.1. The van der Waals surface area contributed by atoms with Crippen molar-refractivity contribution >= 4 is 40.7 Å². The molecular weight excluding hydrogens is 692 g/mol. The van der Waals surface area contributed by atoms with Crippen LogP contribution in [0.25, 0.3) is 0 Å². The van der Waals surface area contributed by atoms with E-state index in [0.29, 0.717) is 22.4 Å². The van der Waals surface area contributed by atoms with Crippen molar-refractivity contribution in [1.82, 2.24) is 5.01 Å². The summed E-state index contributed by atoms with van der Waals surface area (Å²) in [6.45, 7) is 1.93. The number of amides is 4. The summed E-state index contributed by atoms with van der Waals surface area (Å²) < 4.78 is 11.8. The number of nitrogens with one attached hydrogen (secondary N) is 1. The van der Waals surface area contributed by atoms with Crippen LogP contribution in [0.3, 0.4) is 0 Å². The third-order valence-corrected chi connectivity index (χ3v) is 11.5. The van der Waals surface area contributed by atoms with Crippen LogP contribution in [0.2, 0.25) is 0 Å². The number of hydrazine groups is 1. The highest BCUT2D eigenvalue weighted by Gasteiger charge is 2.71. The maximum absolute atomic E-state index is 15.4. The number of ether oxygens (including phenoxy) is 2. The number of fused-ring (bicyclic) bond motifs is 4. The smallest absolute Gasteiger partial charge is 0.271 e. The Balaban J connectivity index is 1.35. The average Bonchev–Trinajstić information content (AvgIpc) is 3.56. The largest absolute Gasteiger partial charge is 0.508 e. The van der Waals surface area contributed by atoms with Crippen molar-refractivity contribution in [2.24, 2.45) is 23.7 Å². The summed E-state index contributed by atoms with van der Waals surface area (Å²) >= 11 is 0. The molecule has 2 aliphatic heterocycles. The molecule has 13 nitrogen and oxygen atoms in total. The topological polar surface area (TPSA) is 169 Å². The van der Waals surface area contributed by atoms with Gasteiger partial charge in [0.2, 0.25) is 11.8 Å². The van der Waals surface area contributed by atoms with Gasteiger partial charge in [-0.3, -0.25) is 34.7 Å². The first-order valence-corrected chi connectivity index (χ1v) is 17.6. The lowest BCUT2D eigenvalue weighted by molar-refractivity contribution is -0.384. The molecule has 2 saturated heterocycles. The standard InChI is InChI=1S/C41H36N4O9/c1-22-12-14-24(15-13-22)42-44-38(48)31-21-30-28(16-17-29-34(30)39(49)43(37(29)47)25-10-7-11-26(18-25)45(51)52)36(35-32(53-2)19-27(46)20-33(35)54-3)41(31,40(44)50)23-8-5-4-6-9-23/h4-16,18-20,29-31,34,36,42,46H,17,21H2,1-3H3/t29-,30+,31-,34-,36+,41+/m0/s1. The minimum atomic E-state index is -1.60. The molecule has 4 aliphatic rings. The number of nitro benzene ring substituents is 1. The predicted octanol–water partition coefficient (Wildman–Crippen LogP) is 5.82. The molecule has 0 spiro atoms. The van der Waals surface area contributed by atoms with Gasteiger partial charge in [-0.2, -0.15) is 5.01 Å². The number of aryl methyl sites for hydroxylation is 1. The number of methoxy groups -OCH3 is 2. The van der Waals surface area contributed by atoms with Gasteiger partial charge in [0, 0.05) is 35.7 Å². The van der Waals surface area contributed by atoms with E-state index in [4.69, 9.17) is 9.47 Å². The Morgan fingerprint density at radius 3 is 2.19 bits per heavy atom. The van der Waals surface area contributed by atoms with Gasteiger partial charge in [-0.05, 0) is 49.4 Å². The molecule has 0 aromatic heterocycles. The van der Waals surface area contributed by atoms with E-state index in [9.17, 15) is 29.6 Å². The van der Waals surface area contributed by atoms with Crippen LogP contribution in [0.5, 0.6) is 17.2 Å². The van der Waals surface area contributed by atoms with Crippen LogP contribution in [0.1, 0.15) is 35.4 Å². The lowest BCUT2D eigenvalue weighted by Crippen LogP contribution is -2.53. The second kappa shape index (κ2) is 12.9. The lowest BCUT2D eigenvalue weighted by Gasteiger charge is -2.51. The molecular formula is C41H36N4O9. The third-order valence-electron chi connectivity index (χ3n) is 11.5. The minimum Gasteiger partial charge on any atom is -0.508 e. The summed E-state index contributed by atoms with van der Waals surface area (Å²) in [6.07, 6.45) is 2.06. The summed E-state index contributed by atoms with van der Waals surface area (Å²) in [5.41, 5.74) is 4.39. The number of hydrogen-bond acceptors (Lipinski definition) is 10. The van der Waals surface area contributed by atoms with Crippen LogP contribution in [0, 0.1) is 40.7 Å². The van der Waals surface area contributed by atoms with Crippen molar-refractivity contribution in [3.63, 3.8) is 0 Å². The van der Waals surface area contributed by atoms with Gasteiger partial charge in [0.1, 0.15) is 17.2 Å². The van der Waals surface area contributed by atoms with E-state index in [2.05, 4.69) is 5.43 Å². The van der Waals surface area contributed by atoms with Crippen molar-refractivity contribution in [3.05, 3.63) is 129 Å². The Bertz CT molecular complexity index is 2250. The monoisotopic (exact) mass is 728 g/mol. The second-order valence-electron chi connectivity index (χ2n) is 14.1. The Hall–Kier alpha value is -6.50. The summed E-state index contributed by atoms with van der Waals surface area (Å²) in [5, 5.41) is 23.4. The van der Waals surface area contributed by atoms with Gasteiger partial charge in [0.05, 0.1) is 53.7 Å². The van der Waals surface area contributed by atoms with Crippen LogP contribution < -0.4 is 19.8 Å². The molecule has 4 aromatic rings. The van der Waals surface area contributed by atoms with Gasteiger partial charge < -0.3 is 14.6 Å². The van der Waals surface area contributed by atoms with E-state index in [1.165, 1.54) is 50.6 Å². The normalized spacial score (nSPS) is 25.8. The molecule has 4 aromatic carbocycles. The zero-order valence-electron chi connectivity index (χ0n) is 29.6. The van der Waals surface area contributed by atoms with E-state index in [1.807, 2.05) is 31.2 Å².